The van der Waals surface area contributed by atoms with E-state index in [1.807, 2.05) is 12.5 Å². The summed E-state index contributed by atoms with van der Waals surface area (Å²) in [6.45, 7) is 8.87. The Bertz CT molecular complexity index is 343. The van der Waals surface area contributed by atoms with Gasteiger partial charge in [0, 0.05) is 50.0 Å². The maximum atomic E-state index is 4.28. The topological polar surface area (TPSA) is 33.1 Å². The molecular weight excluding hydrogens is 212 g/mol. The second-order valence-electron chi connectivity index (χ2n) is 5.10. The zero-order valence-electron chi connectivity index (χ0n) is 11.2. The number of nitrogens with zero attached hydrogens (tertiary/aromatic N) is 3. The van der Waals surface area contributed by atoms with Crippen molar-refractivity contribution in [2.45, 2.75) is 38.8 Å². The Balaban J connectivity index is 1.88. The van der Waals surface area contributed by atoms with Crippen molar-refractivity contribution in [3.63, 3.8) is 0 Å². The van der Waals surface area contributed by atoms with Gasteiger partial charge in [-0.3, -0.25) is 0 Å². The van der Waals surface area contributed by atoms with E-state index in [9.17, 15) is 0 Å². The molecule has 4 heteroatoms. The van der Waals surface area contributed by atoms with E-state index in [0.29, 0.717) is 12.0 Å². The average molecular weight is 236 g/mol. The summed E-state index contributed by atoms with van der Waals surface area (Å²) in [7, 11) is 2.20. The Kier molecular flexibility index (Phi) is 4.18. The second kappa shape index (κ2) is 5.65. The molecule has 1 unspecified atom stereocenters. The molecule has 2 heterocycles. The van der Waals surface area contributed by atoms with Crippen LogP contribution in [0, 0.1) is 0 Å². The van der Waals surface area contributed by atoms with Gasteiger partial charge in [0.05, 0.1) is 6.33 Å². The number of likely N-dealkylation sites (N-methyl/N-ethyl adjacent to an activating group) is 1. The molecule has 0 saturated carbocycles. The molecule has 0 bridgehead atoms. The van der Waals surface area contributed by atoms with Crippen LogP contribution in [0.2, 0.25) is 0 Å². The first kappa shape index (κ1) is 12.6. The molecule has 0 spiro atoms. The smallest absolute Gasteiger partial charge is 0.0948 e. The van der Waals surface area contributed by atoms with Crippen molar-refractivity contribution in [3.8, 4) is 0 Å². The van der Waals surface area contributed by atoms with Crippen LogP contribution in [-0.2, 0) is 6.54 Å². The Morgan fingerprint density at radius 3 is 2.94 bits per heavy atom. The molecule has 0 radical (unpaired) electrons. The standard InChI is InChI=1S/C13H24N4/c1-4-11(2)16(3)5-6-17-10-15-9-13(17)12-7-14-8-12/h9-12,14H,4-8H2,1-3H3. The minimum absolute atomic E-state index is 0.660. The zero-order chi connectivity index (χ0) is 12.3. The van der Waals surface area contributed by atoms with Crippen molar-refractivity contribution in [2.75, 3.05) is 26.7 Å². The summed E-state index contributed by atoms with van der Waals surface area (Å²) >= 11 is 0. The minimum Gasteiger partial charge on any atom is -0.333 e. The molecule has 96 valence electrons. The van der Waals surface area contributed by atoms with Crippen molar-refractivity contribution in [1.82, 2.24) is 19.8 Å². The van der Waals surface area contributed by atoms with E-state index in [1.165, 1.54) is 12.1 Å². The lowest BCUT2D eigenvalue weighted by atomic mass is 10.00. The molecule has 1 aliphatic heterocycles. The quantitative estimate of drug-likeness (QED) is 0.808. The third kappa shape index (κ3) is 2.87. The first-order valence-electron chi connectivity index (χ1n) is 6.63. The van der Waals surface area contributed by atoms with Crippen LogP contribution in [-0.4, -0.2) is 47.2 Å². The predicted molar refractivity (Wildman–Crippen MR) is 70.2 cm³/mol. The minimum atomic E-state index is 0.660. The molecule has 17 heavy (non-hydrogen) atoms. The molecule has 1 N–H and O–H groups in total. The van der Waals surface area contributed by atoms with Crippen LogP contribution in [0.1, 0.15) is 31.9 Å². The highest BCUT2D eigenvalue weighted by molar-refractivity contribution is 5.11. The summed E-state index contributed by atoms with van der Waals surface area (Å²) in [6, 6.07) is 0.660. The summed E-state index contributed by atoms with van der Waals surface area (Å²) in [4.78, 5) is 6.70. The van der Waals surface area contributed by atoms with Gasteiger partial charge >= 0.3 is 0 Å². The van der Waals surface area contributed by atoms with Gasteiger partial charge in [-0.05, 0) is 20.4 Å². The number of rotatable bonds is 6. The van der Waals surface area contributed by atoms with Crippen molar-refractivity contribution in [2.24, 2.45) is 0 Å². The Labute approximate surface area is 104 Å². The van der Waals surface area contributed by atoms with Gasteiger partial charge < -0.3 is 14.8 Å². The number of aromatic nitrogens is 2. The summed E-state index contributed by atoms with van der Waals surface area (Å²) in [5, 5.41) is 3.32. The molecule has 1 aromatic rings. The van der Waals surface area contributed by atoms with Gasteiger partial charge in [-0.1, -0.05) is 6.92 Å². The summed E-state index contributed by atoms with van der Waals surface area (Å²) < 4.78 is 2.31. The molecule has 0 aromatic carbocycles. The predicted octanol–water partition coefficient (Wildman–Crippen LogP) is 1.30. The maximum Gasteiger partial charge on any atom is 0.0948 e. The maximum absolute atomic E-state index is 4.28. The summed E-state index contributed by atoms with van der Waals surface area (Å²) in [6.07, 6.45) is 5.20. The molecule has 0 aliphatic carbocycles. The molecule has 1 atom stereocenters. The fourth-order valence-corrected chi connectivity index (χ4v) is 2.15. The number of hydrogen-bond donors (Lipinski definition) is 1. The van der Waals surface area contributed by atoms with E-state index in [4.69, 9.17) is 0 Å². The lowest BCUT2D eigenvalue weighted by molar-refractivity contribution is 0.240. The SMILES string of the molecule is CCC(C)N(C)CCn1cncc1C1CNC1. The number of hydrogen-bond acceptors (Lipinski definition) is 3. The van der Waals surface area contributed by atoms with Crippen LogP contribution in [0.3, 0.4) is 0 Å². The van der Waals surface area contributed by atoms with Crippen molar-refractivity contribution >= 4 is 0 Å². The van der Waals surface area contributed by atoms with E-state index < -0.39 is 0 Å². The summed E-state index contributed by atoms with van der Waals surface area (Å²) in [5.41, 5.74) is 1.39. The van der Waals surface area contributed by atoms with E-state index >= 15 is 0 Å². The molecule has 2 rings (SSSR count). The second-order valence-corrected chi connectivity index (χ2v) is 5.10. The van der Waals surface area contributed by atoms with Gasteiger partial charge in [-0.25, -0.2) is 4.98 Å². The fourth-order valence-electron chi connectivity index (χ4n) is 2.15. The largest absolute Gasteiger partial charge is 0.333 e. The van der Waals surface area contributed by atoms with Gasteiger partial charge in [0.1, 0.15) is 0 Å². The van der Waals surface area contributed by atoms with Crippen LogP contribution < -0.4 is 5.32 Å². The molecule has 1 aromatic heterocycles. The molecule has 1 saturated heterocycles. The van der Waals surface area contributed by atoms with Gasteiger partial charge in [0.15, 0.2) is 0 Å². The highest BCUT2D eigenvalue weighted by Gasteiger charge is 2.22. The van der Waals surface area contributed by atoms with E-state index in [0.717, 1.165) is 26.2 Å². The van der Waals surface area contributed by atoms with Gasteiger partial charge in [-0.2, -0.15) is 0 Å². The van der Waals surface area contributed by atoms with Crippen LogP contribution >= 0.6 is 0 Å². The molecule has 1 fully saturated rings. The first-order valence-corrected chi connectivity index (χ1v) is 6.63. The van der Waals surface area contributed by atoms with Crippen molar-refractivity contribution < 1.29 is 0 Å². The van der Waals surface area contributed by atoms with E-state index in [-0.39, 0.29) is 0 Å². The van der Waals surface area contributed by atoms with Gasteiger partial charge in [-0.15, -0.1) is 0 Å². The number of nitrogens with one attached hydrogen (secondary N) is 1. The highest BCUT2D eigenvalue weighted by Crippen LogP contribution is 2.19. The Morgan fingerprint density at radius 2 is 2.35 bits per heavy atom. The normalized spacial score (nSPS) is 18.4. The van der Waals surface area contributed by atoms with Crippen LogP contribution in [0.25, 0.3) is 0 Å². The highest BCUT2D eigenvalue weighted by atomic mass is 15.2. The Hall–Kier alpha value is -0.870. The van der Waals surface area contributed by atoms with Crippen LogP contribution in [0.5, 0.6) is 0 Å². The lowest BCUT2D eigenvalue weighted by Gasteiger charge is -2.29. The molecular formula is C13H24N4. The first-order chi connectivity index (χ1) is 8.22. The average Bonchev–Trinajstić information content (AvgIpc) is 2.70. The van der Waals surface area contributed by atoms with E-state index in [1.54, 1.807) is 0 Å². The van der Waals surface area contributed by atoms with Crippen LogP contribution in [0.4, 0.5) is 0 Å². The zero-order valence-corrected chi connectivity index (χ0v) is 11.2. The summed E-state index contributed by atoms with van der Waals surface area (Å²) in [5.74, 6) is 0.673. The molecule has 1 aliphatic rings. The van der Waals surface area contributed by atoms with Gasteiger partial charge in [0.2, 0.25) is 0 Å². The lowest BCUT2D eigenvalue weighted by Crippen LogP contribution is -2.41. The van der Waals surface area contributed by atoms with Crippen LogP contribution in [0.15, 0.2) is 12.5 Å². The van der Waals surface area contributed by atoms with Crippen molar-refractivity contribution in [3.05, 3.63) is 18.2 Å². The fraction of sp³-hybridized carbons (Fsp3) is 0.769. The van der Waals surface area contributed by atoms with E-state index in [2.05, 4.69) is 40.7 Å². The Morgan fingerprint density at radius 1 is 1.59 bits per heavy atom. The third-order valence-electron chi connectivity index (χ3n) is 3.98. The third-order valence-corrected chi connectivity index (χ3v) is 3.98. The molecule has 4 nitrogen and oxygen atoms in total. The van der Waals surface area contributed by atoms with Crippen molar-refractivity contribution in [1.29, 1.82) is 0 Å². The molecule has 0 amide bonds. The monoisotopic (exact) mass is 236 g/mol. The van der Waals surface area contributed by atoms with Gasteiger partial charge in [0.25, 0.3) is 0 Å². The number of imidazole rings is 1.